The molecule has 0 spiro atoms. The zero-order valence-electron chi connectivity index (χ0n) is 17.1. The molecular weight excluding hydrogens is 489 g/mol. The van der Waals surface area contributed by atoms with Crippen molar-refractivity contribution in [1.29, 1.82) is 0 Å². The van der Waals surface area contributed by atoms with E-state index >= 15 is 0 Å². The number of hydrogen-bond donors (Lipinski definition) is 4. The lowest BCUT2D eigenvalue weighted by Crippen LogP contribution is -2.42. The quantitative estimate of drug-likeness (QED) is 0.176. The van der Waals surface area contributed by atoms with Crippen molar-refractivity contribution >= 4 is 52.4 Å². The molecule has 156 valence electrons. The second-order valence-electron chi connectivity index (χ2n) is 6.74. The van der Waals surface area contributed by atoms with Crippen molar-refractivity contribution in [2.24, 2.45) is 4.99 Å². The van der Waals surface area contributed by atoms with Crippen molar-refractivity contribution in [2.45, 2.75) is 13.3 Å². The molecular formula is C23H26IN5O. The Labute approximate surface area is 194 Å². The molecule has 0 unspecified atom stereocenters. The number of H-pyrrole nitrogens is 1. The van der Waals surface area contributed by atoms with Gasteiger partial charge in [-0.2, -0.15) is 0 Å². The summed E-state index contributed by atoms with van der Waals surface area (Å²) in [4.78, 5) is 19.6. The fraction of sp³-hybridized carbons (Fsp3) is 0.217. The van der Waals surface area contributed by atoms with Crippen LogP contribution in [0, 0.1) is 19.3 Å². The van der Waals surface area contributed by atoms with Gasteiger partial charge < -0.3 is 20.9 Å². The number of carbonyl (C=O) groups is 1. The average molecular weight is 515 g/mol. The third kappa shape index (κ3) is 6.26. The van der Waals surface area contributed by atoms with Gasteiger partial charge in [0.1, 0.15) is 0 Å². The van der Waals surface area contributed by atoms with E-state index in [0.717, 1.165) is 17.5 Å². The van der Waals surface area contributed by atoms with Gasteiger partial charge in [-0.1, -0.05) is 24.1 Å². The molecule has 3 aromatic rings. The molecule has 0 atom stereocenters. The lowest BCUT2D eigenvalue weighted by molar-refractivity contribution is -0.115. The van der Waals surface area contributed by atoms with E-state index in [4.69, 9.17) is 6.42 Å². The van der Waals surface area contributed by atoms with Crippen molar-refractivity contribution in [3.8, 4) is 12.3 Å². The van der Waals surface area contributed by atoms with Crippen LogP contribution in [-0.4, -0.2) is 37.0 Å². The van der Waals surface area contributed by atoms with Crippen molar-refractivity contribution in [2.75, 3.05) is 25.5 Å². The summed E-state index contributed by atoms with van der Waals surface area (Å²) in [5.74, 6) is 2.96. The number of fused-ring (bicyclic) bond motifs is 1. The van der Waals surface area contributed by atoms with Crippen LogP contribution in [0.25, 0.3) is 10.9 Å². The fourth-order valence-corrected chi connectivity index (χ4v) is 3.10. The van der Waals surface area contributed by atoms with Crippen LogP contribution in [0.3, 0.4) is 0 Å². The standard InChI is InChI=1S/C23H25N5O.HI/c1-4-17-6-5-7-19(13-17)28-22(29)15-27-23(24-3)25-11-10-18-14-26-21-12-16(2)8-9-20(18)21;/h1,5-9,12-14,26H,10-11,15H2,2-3H3,(H,28,29)(H2,24,25,27);1H. The number of aromatic nitrogens is 1. The van der Waals surface area contributed by atoms with Gasteiger partial charge in [0.05, 0.1) is 6.54 Å². The molecule has 4 N–H and O–H groups in total. The third-order valence-corrected chi connectivity index (χ3v) is 4.56. The molecule has 1 aromatic heterocycles. The molecule has 2 aromatic carbocycles. The van der Waals surface area contributed by atoms with E-state index in [0.29, 0.717) is 18.2 Å². The summed E-state index contributed by atoms with van der Waals surface area (Å²) < 4.78 is 0. The minimum Gasteiger partial charge on any atom is -0.361 e. The first-order valence-electron chi connectivity index (χ1n) is 9.46. The molecule has 7 heteroatoms. The summed E-state index contributed by atoms with van der Waals surface area (Å²) in [5, 5.41) is 10.3. The van der Waals surface area contributed by atoms with Crippen molar-refractivity contribution in [3.63, 3.8) is 0 Å². The normalized spacial score (nSPS) is 10.8. The van der Waals surface area contributed by atoms with E-state index in [-0.39, 0.29) is 36.4 Å². The Kier molecular flexibility index (Phi) is 8.74. The van der Waals surface area contributed by atoms with Gasteiger partial charge in [0.15, 0.2) is 5.96 Å². The van der Waals surface area contributed by atoms with Gasteiger partial charge in [-0.3, -0.25) is 9.79 Å². The summed E-state index contributed by atoms with van der Waals surface area (Å²) in [6, 6.07) is 13.6. The predicted octanol–water partition coefficient (Wildman–Crippen LogP) is 3.42. The van der Waals surface area contributed by atoms with Gasteiger partial charge in [-0.05, 0) is 48.7 Å². The van der Waals surface area contributed by atoms with Crippen LogP contribution < -0.4 is 16.0 Å². The molecule has 0 aliphatic rings. The fourth-order valence-electron chi connectivity index (χ4n) is 3.10. The zero-order chi connectivity index (χ0) is 20.6. The largest absolute Gasteiger partial charge is 0.361 e. The van der Waals surface area contributed by atoms with Crippen LogP contribution in [0.4, 0.5) is 5.69 Å². The van der Waals surface area contributed by atoms with E-state index < -0.39 is 0 Å². The minimum absolute atomic E-state index is 0. The predicted molar refractivity (Wildman–Crippen MR) is 135 cm³/mol. The minimum atomic E-state index is -0.172. The Morgan fingerprint density at radius 3 is 2.80 bits per heavy atom. The Morgan fingerprint density at radius 2 is 2.03 bits per heavy atom. The van der Waals surface area contributed by atoms with Gasteiger partial charge in [0.25, 0.3) is 0 Å². The van der Waals surface area contributed by atoms with E-state index in [1.165, 1.54) is 16.5 Å². The van der Waals surface area contributed by atoms with Gasteiger partial charge in [0.2, 0.25) is 5.91 Å². The number of nitrogens with zero attached hydrogens (tertiary/aromatic N) is 1. The maximum absolute atomic E-state index is 12.2. The topological polar surface area (TPSA) is 81.3 Å². The van der Waals surface area contributed by atoms with Crippen molar-refractivity contribution < 1.29 is 4.79 Å². The summed E-state index contributed by atoms with van der Waals surface area (Å²) in [7, 11) is 1.68. The Bertz CT molecular complexity index is 1080. The molecule has 3 rings (SSSR count). The third-order valence-electron chi connectivity index (χ3n) is 4.56. The van der Waals surface area contributed by atoms with E-state index in [1.54, 1.807) is 19.2 Å². The first-order valence-corrected chi connectivity index (χ1v) is 9.46. The number of guanidine groups is 1. The highest BCUT2D eigenvalue weighted by Crippen LogP contribution is 2.19. The van der Waals surface area contributed by atoms with Gasteiger partial charge in [0, 0.05) is 41.9 Å². The maximum atomic E-state index is 12.2. The van der Waals surface area contributed by atoms with E-state index in [9.17, 15) is 4.79 Å². The van der Waals surface area contributed by atoms with Crippen LogP contribution in [0.15, 0.2) is 53.7 Å². The molecule has 0 fully saturated rings. The lowest BCUT2D eigenvalue weighted by Gasteiger charge is -2.12. The Balaban J connectivity index is 0.00000320. The number of aliphatic imine (C=N–C) groups is 1. The number of nitrogens with one attached hydrogen (secondary N) is 4. The highest BCUT2D eigenvalue weighted by atomic mass is 127. The lowest BCUT2D eigenvalue weighted by atomic mass is 10.1. The summed E-state index contributed by atoms with van der Waals surface area (Å²) in [5.41, 5.74) is 5.02. The average Bonchev–Trinajstić information content (AvgIpc) is 3.12. The van der Waals surface area contributed by atoms with E-state index in [1.807, 2.05) is 18.3 Å². The molecule has 1 heterocycles. The number of terminal acetylenes is 1. The second-order valence-corrected chi connectivity index (χ2v) is 6.74. The highest BCUT2D eigenvalue weighted by Gasteiger charge is 2.06. The Morgan fingerprint density at radius 1 is 1.20 bits per heavy atom. The second kappa shape index (κ2) is 11.3. The smallest absolute Gasteiger partial charge is 0.243 e. The molecule has 0 bridgehead atoms. The first-order chi connectivity index (χ1) is 14.1. The van der Waals surface area contributed by atoms with Gasteiger partial charge >= 0.3 is 0 Å². The molecule has 0 aliphatic heterocycles. The summed E-state index contributed by atoms with van der Waals surface area (Å²) in [6.07, 6.45) is 8.27. The number of amides is 1. The first kappa shape index (κ1) is 23.3. The number of halogens is 1. The SMILES string of the molecule is C#Cc1cccc(NC(=O)CNC(=NC)NCCc2c[nH]c3cc(C)ccc23)c1.I. The zero-order valence-corrected chi connectivity index (χ0v) is 19.4. The molecule has 0 aliphatic carbocycles. The number of benzene rings is 2. The van der Waals surface area contributed by atoms with Gasteiger partial charge in [-0.25, -0.2) is 0 Å². The van der Waals surface area contributed by atoms with Gasteiger partial charge in [-0.15, -0.1) is 30.4 Å². The van der Waals surface area contributed by atoms with Crippen LogP contribution in [0.5, 0.6) is 0 Å². The summed E-state index contributed by atoms with van der Waals surface area (Å²) >= 11 is 0. The number of carbonyl (C=O) groups excluding carboxylic acids is 1. The summed E-state index contributed by atoms with van der Waals surface area (Å²) in [6.45, 7) is 2.89. The van der Waals surface area contributed by atoms with Crippen LogP contribution >= 0.6 is 24.0 Å². The maximum Gasteiger partial charge on any atom is 0.243 e. The molecule has 6 nitrogen and oxygen atoms in total. The van der Waals surface area contributed by atoms with Crippen LogP contribution in [0.1, 0.15) is 16.7 Å². The Hall–Kier alpha value is -2.99. The van der Waals surface area contributed by atoms with Crippen molar-refractivity contribution in [1.82, 2.24) is 15.6 Å². The monoisotopic (exact) mass is 515 g/mol. The molecule has 0 saturated carbocycles. The number of hydrogen-bond acceptors (Lipinski definition) is 2. The highest BCUT2D eigenvalue weighted by molar-refractivity contribution is 14.0. The number of aromatic amines is 1. The number of rotatable bonds is 6. The van der Waals surface area contributed by atoms with Crippen LogP contribution in [-0.2, 0) is 11.2 Å². The van der Waals surface area contributed by atoms with E-state index in [2.05, 4.69) is 57.0 Å². The molecule has 30 heavy (non-hydrogen) atoms. The number of aryl methyl sites for hydroxylation is 1. The van der Waals surface area contributed by atoms with Crippen molar-refractivity contribution in [3.05, 3.63) is 65.4 Å². The molecule has 0 radical (unpaired) electrons. The molecule has 0 saturated heterocycles. The van der Waals surface area contributed by atoms with Crippen LogP contribution in [0.2, 0.25) is 0 Å². The molecule has 1 amide bonds. The number of anilines is 1.